The maximum Gasteiger partial charge on any atom is 0.222 e. The molecule has 19 heavy (non-hydrogen) atoms. The molecule has 0 spiro atoms. The number of piperidine rings is 1. The molecular weight excluding hydrogens is 238 g/mol. The van der Waals surface area contributed by atoms with E-state index in [1.807, 2.05) is 0 Å². The van der Waals surface area contributed by atoms with E-state index in [2.05, 4.69) is 29.0 Å². The van der Waals surface area contributed by atoms with Crippen LogP contribution >= 0.6 is 0 Å². The number of amides is 1. The number of carbonyl (C=O) groups excluding carboxylic acids is 1. The number of likely N-dealkylation sites (N-methyl/N-ethyl adjacent to an activating group) is 1. The first kappa shape index (κ1) is 14.8. The Morgan fingerprint density at radius 3 is 2.74 bits per heavy atom. The second-order valence-corrected chi connectivity index (χ2v) is 5.92. The highest BCUT2D eigenvalue weighted by Crippen LogP contribution is 2.20. The Morgan fingerprint density at radius 2 is 2.11 bits per heavy atom. The maximum absolute atomic E-state index is 12.3. The van der Waals surface area contributed by atoms with Gasteiger partial charge in [-0.2, -0.15) is 0 Å². The first-order valence-corrected chi connectivity index (χ1v) is 7.97. The Balaban J connectivity index is 1.77. The molecule has 0 bridgehead atoms. The van der Waals surface area contributed by atoms with E-state index in [9.17, 15) is 4.79 Å². The molecule has 2 heterocycles. The lowest BCUT2D eigenvalue weighted by molar-refractivity contribution is -0.131. The van der Waals surface area contributed by atoms with Gasteiger partial charge in [-0.1, -0.05) is 13.8 Å². The van der Waals surface area contributed by atoms with Crippen LogP contribution < -0.4 is 5.32 Å². The summed E-state index contributed by atoms with van der Waals surface area (Å²) in [5.41, 5.74) is 0. The van der Waals surface area contributed by atoms with Gasteiger partial charge in [0.2, 0.25) is 5.91 Å². The molecule has 2 rings (SSSR count). The average Bonchev–Trinajstić information content (AvgIpc) is 2.91. The van der Waals surface area contributed by atoms with Crippen LogP contribution in [0, 0.1) is 5.92 Å². The van der Waals surface area contributed by atoms with Crippen molar-refractivity contribution in [2.45, 2.75) is 45.6 Å². The lowest BCUT2D eigenvalue weighted by Crippen LogP contribution is -2.40. The second kappa shape index (κ2) is 7.25. The lowest BCUT2D eigenvalue weighted by Gasteiger charge is -2.27. The topological polar surface area (TPSA) is 35.6 Å². The Labute approximate surface area is 117 Å². The van der Waals surface area contributed by atoms with Crippen molar-refractivity contribution < 1.29 is 4.79 Å². The van der Waals surface area contributed by atoms with Crippen LogP contribution in [0.3, 0.4) is 0 Å². The van der Waals surface area contributed by atoms with Gasteiger partial charge in [0, 0.05) is 25.6 Å². The van der Waals surface area contributed by atoms with Gasteiger partial charge in [0.25, 0.3) is 0 Å². The number of hydrogen-bond donors (Lipinski definition) is 1. The highest BCUT2D eigenvalue weighted by Gasteiger charge is 2.30. The molecular formula is C15H29N3O. The van der Waals surface area contributed by atoms with Crippen LogP contribution in [0.4, 0.5) is 0 Å². The van der Waals surface area contributed by atoms with Gasteiger partial charge in [-0.25, -0.2) is 0 Å². The van der Waals surface area contributed by atoms with Crippen molar-refractivity contribution in [3.63, 3.8) is 0 Å². The van der Waals surface area contributed by atoms with E-state index in [1.54, 1.807) is 0 Å². The van der Waals surface area contributed by atoms with Gasteiger partial charge in [0.1, 0.15) is 0 Å². The molecule has 0 aromatic carbocycles. The molecule has 0 radical (unpaired) electrons. The highest BCUT2D eigenvalue weighted by molar-refractivity contribution is 5.76. The zero-order chi connectivity index (χ0) is 13.7. The average molecular weight is 267 g/mol. The van der Waals surface area contributed by atoms with E-state index in [1.165, 1.54) is 12.8 Å². The van der Waals surface area contributed by atoms with Gasteiger partial charge in [0.15, 0.2) is 0 Å². The molecule has 2 atom stereocenters. The normalized spacial score (nSPS) is 28.1. The van der Waals surface area contributed by atoms with Crippen LogP contribution in [-0.4, -0.2) is 61.0 Å². The molecule has 1 amide bonds. The first-order valence-electron chi connectivity index (χ1n) is 7.97. The predicted octanol–water partition coefficient (Wildman–Crippen LogP) is 1.32. The number of rotatable bonds is 5. The van der Waals surface area contributed by atoms with Crippen molar-refractivity contribution in [3.05, 3.63) is 0 Å². The number of hydrogen-bond acceptors (Lipinski definition) is 3. The number of nitrogens with one attached hydrogen (secondary N) is 1. The smallest absolute Gasteiger partial charge is 0.222 e. The fraction of sp³-hybridized carbons (Fsp3) is 0.933. The number of likely N-dealkylation sites (tertiary alicyclic amines) is 1. The molecule has 2 saturated heterocycles. The zero-order valence-electron chi connectivity index (χ0n) is 12.5. The van der Waals surface area contributed by atoms with Crippen LogP contribution in [-0.2, 0) is 4.79 Å². The fourth-order valence-corrected chi connectivity index (χ4v) is 3.48. The summed E-state index contributed by atoms with van der Waals surface area (Å²) in [5, 5.41) is 3.40. The predicted molar refractivity (Wildman–Crippen MR) is 78.1 cm³/mol. The van der Waals surface area contributed by atoms with Gasteiger partial charge < -0.3 is 10.2 Å². The molecule has 2 unspecified atom stereocenters. The van der Waals surface area contributed by atoms with Gasteiger partial charge in [-0.3, -0.25) is 9.69 Å². The molecule has 4 heteroatoms. The molecule has 2 aliphatic heterocycles. The van der Waals surface area contributed by atoms with E-state index < -0.39 is 0 Å². The van der Waals surface area contributed by atoms with Crippen LogP contribution in [0.15, 0.2) is 0 Å². The molecule has 1 N–H and O–H groups in total. The summed E-state index contributed by atoms with van der Waals surface area (Å²) in [4.78, 5) is 16.9. The van der Waals surface area contributed by atoms with Crippen LogP contribution in [0.25, 0.3) is 0 Å². The summed E-state index contributed by atoms with van der Waals surface area (Å²) < 4.78 is 0. The number of carbonyl (C=O) groups is 1. The van der Waals surface area contributed by atoms with E-state index in [0.717, 1.165) is 52.1 Å². The van der Waals surface area contributed by atoms with Gasteiger partial charge >= 0.3 is 0 Å². The largest absolute Gasteiger partial charge is 0.341 e. The summed E-state index contributed by atoms with van der Waals surface area (Å²) in [6, 6.07) is 0.587. The van der Waals surface area contributed by atoms with Crippen LogP contribution in [0.5, 0.6) is 0 Å². The van der Waals surface area contributed by atoms with Gasteiger partial charge in [0.05, 0.1) is 0 Å². The Hall–Kier alpha value is -0.610. The standard InChI is InChI=1S/C15H29N3O/c1-3-17(4-2)14-7-9-18(12-14)15(19)10-13-6-5-8-16-11-13/h13-14,16H,3-12H2,1-2H3. The maximum atomic E-state index is 12.3. The van der Waals surface area contributed by atoms with Crippen molar-refractivity contribution in [3.8, 4) is 0 Å². The minimum absolute atomic E-state index is 0.378. The Morgan fingerprint density at radius 1 is 1.32 bits per heavy atom. The van der Waals surface area contributed by atoms with Gasteiger partial charge in [-0.05, 0) is 51.4 Å². The fourth-order valence-electron chi connectivity index (χ4n) is 3.48. The van der Waals surface area contributed by atoms with Gasteiger partial charge in [-0.15, -0.1) is 0 Å². The molecule has 2 aliphatic rings. The molecule has 0 aliphatic carbocycles. The Bertz CT molecular complexity index is 285. The molecule has 2 fully saturated rings. The van der Waals surface area contributed by atoms with Crippen LogP contribution in [0.2, 0.25) is 0 Å². The van der Waals surface area contributed by atoms with E-state index >= 15 is 0 Å². The second-order valence-electron chi connectivity index (χ2n) is 5.92. The molecule has 110 valence electrons. The summed E-state index contributed by atoms with van der Waals surface area (Å²) in [6.45, 7) is 10.7. The van der Waals surface area contributed by atoms with Crippen molar-refractivity contribution in [1.29, 1.82) is 0 Å². The third kappa shape index (κ3) is 3.93. The van der Waals surface area contributed by atoms with E-state index in [-0.39, 0.29) is 0 Å². The van der Waals surface area contributed by atoms with E-state index in [4.69, 9.17) is 0 Å². The molecule has 0 saturated carbocycles. The molecule has 4 nitrogen and oxygen atoms in total. The SMILES string of the molecule is CCN(CC)C1CCN(C(=O)CC2CCCNC2)C1. The summed E-state index contributed by atoms with van der Waals surface area (Å²) in [6.07, 6.45) is 4.33. The summed E-state index contributed by atoms with van der Waals surface area (Å²) in [5.74, 6) is 0.942. The summed E-state index contributed by atoms with van der Waals surface area (Å²) >= 11 is 0. The minimum atomic E-state index is 0.378. The van der Waals surface area contributed by atoms with Crippen molar-refractivity contribution in [1.82, 2.24) is 15.1 Å². The van der Waals surface area contributed by atoms with Crippen molar-refractivity contribution >= 4 is 5.91 Å². The van der Waals surface area contributed by atoms with Crippen molar-refractivity contribution in [2.75, 3.05) is 39.3 Å². The first-order chi connectivity index (χ1) is 9.24. The lowest BCUT2D eigenvalue weighted by atomic mass is 9.96. The van der Waals surface area contributed by atoms with Crippen molar-refractivity contribution in [2.24, 2.45) is 5.92 Å². The molecule has 0 aromatic heterocycles. The van der Waals surface area contributed by atoms with E-state index in [0.29, 0.717) is 17.9 Å². The zero-order valence-corrected chi connectivity index (χ0v) is 12.5. The summed E-state index contributed by atoms with van der Waals surface area (Å²) in [7, 11) is 0. The third-order valence-electron chi connectivity index (χ3n) is 4.71. The van der Waals surface area contributed by atoms with Crippen LogP contribution in [0.1, 0.15) is 39.5 Å². The minimum Gasteiger partial charge on any atom is -0.341 e. The monoisotopic (exact) mass is 267 g/mol. The quantitative estimate of drug-likeness (QED) is 0.816. The third-order valence-corrected chi connectivity index (χ3v) is 4.71. The Kier molecular flexibility index (Phi) is 5.64. The number of nitrogens with zero attached hydrogens (tertiary/aromatic N) is 2. The highest BCUT2D eigenvalue weighted by atomic mass is 16.2. The molecule has 0 aromatic rings.